The topological polar surface area (TPSA) is 68.5 Å². The molecule has 0 aliphatic carbocycles. The van der Waals surface area contributed by atoms with Gasteiger partial charge < -0.3 is 14.1 Å². The highest BCUT2D eigenvalue weighted by Crippen LogP contribution is 2.29. The molecule has 0 unspecified atom stereocenters. The van der Waals surface area contributed by atoms with Gasteiger partial charge in [0.1, 0.15) is 17.1 Å². The van der Waals surface area contributed by atoms with Gasteiger partial charge in [0.25, 0.3) is 6.01 Å². The molecule has 8 heteroatoms. The summed E-state index contributed by atoms with van der Waals surface area (Å²) in [4.78, 5) is 24.8. The predicted molar refractivity (Wildman–Crippen MR) is 114 cm³/mol. The van der Waals surface area contributed by atoms with E-state index < -0.39 is 0 Å². The normalized spacial score (nSPS) is 15.1. The summed E-state index contributed by atoms with van der Waals surface area (Å²) < 4.78 is 11.4. The van der Waals surface area contributed by atoms with Crippen molar-refractivity contribution in [3.63, 3.8) is 0 Å². The maximum Gasteiger partial charge on any atom is 0.309 e. The minimum Gasteiger partial charge on any atom is -0.459 e. The Morgan fingerprint density at radius 1 is 1.14 bits per heavy atom. The van der Waals surface area contributed by atoms with Crippen LogP contribution < -0.4 is 4.90 Å². The number of thiophene rings is 1. The SMILES string of the molecule is O=C(OCc1csc(-c2cccs2)n1)C1CCN(c2nc3ccccc3o2)CC1. The lowest BCUT2D eigenvalue weighted by Gasteiger charge is -2.29. The van der Waals surface area contributed by atoms with Crippen molar-refractivity contribution >= 4 is 45.8 Å². The van der Waals surface area contributed by atoms with Crippen LogP contribution in [-0.2, 0) is 16.1 Å². The summed E-state index contributed by atoms with van der Waals surface area (Å²) in [5.74, 6) is -0.237. The molecular weight excluding hydrogens is 406 g/mol. The quantitative estimate of drug-likeness (QED) is 0.421. The number of ether oxygens (including phenoxy) is 1. The van der Waals surface area contributed by atoms with Crippen molar-refractivity contribution in [2.45, 2.75) is 19.4 Å². The van der Waals surface area contributed by atoms with Crippen LogP contribution in [0, 0.1) is 5.92 Å². The first kappa shape index (κ1) is 18.3. The van der Waals surface area contributed by atoms with Crippen LogP contribution in [0.1, 0.15) is 18.5 Å². The second-order valence-corrected chi connectivity index (χ2v) is 8.76. The van der Waals surface area contributed by atoms with E-state index in [0.29, 0.717) is 6.01 Å². The Hall–Kier alpha value is -2.71. The number of rotatable bonds is 5. The fourth-order valence-corrected chi connectivity index (χ4v) is 5.07. The standard InChI is InChI=1S/C21H19N3O3S2/c25-20(26-12-15-13-29-19(22-15)18-6-3-11-28-18)14-7-9-24(10-8-14)21-23-16-4-1-2-5-17(16)27-21/h1-6,11,13-14H,7-10,12H2. The van der Waals surface area contributed by atoms with Crippen molar-refractivity contribution < 1.29 is 13.9 Å². The summed E-state index contributed by atoms with van der Waals surface area (Å²) >= 11 is 3.24. The number of anilines is 1. The number of oxazole rings is 1. The van der Waals surface area contributed by atoms with Crippen molar-refractivity contribution in [1.29, 1.82) is 0 Å². The van der Waals surface area contributed by atoms with E-state index in [-0.39, 0.29) is 18.5 Å². The van der Waals surface area contributed by atoms with Crippen LogP contribution in [-0.4, -0.2) is 29.0 Å². The number of piperidine rings is 1. The average Bonchev–Trinajstić information content (AvgIpc) is 3.52. The molecule has 1 aliphatic rings. The zero-order chi connectivity index (χ0) is 19.6. The van der Waals surface area contributed by atoms with Gasteiger partial charge in [-0.25, -0.2) is 4.98 Å². The Labute approximate surface area is 175 Å². The summed E-state index contributed by atoms with van der Waals surface area (Å²) in [6, 6.07) is 12.4. The number of para-hydroxylation sites is 2. The second kappa shape index (κ2) is 7.96. The van der Waals surface area contributed by atoms with E-state index in [1.54, 1.807) is 22.7 Å². The number of fused-ring (bicyclic) bond motifs is 1. The smallest absolute Gasteiger partial charge is 0.309 e. The van der Waals surface area contributed by atoms with Gasteiger partial charge >= 0.3 is 5.97 Å². The first-order valence-electron chi connectivity index (χ1n) is 9.52. The molecule has 6 nitrogen and oxygen atoms in total. The molecule has 4 aromatic rings. The van der Waals surface area contributed by atoms with Crippen LogP contribution in [0.25, 0.3) is 21.0 Å². The third-order valence-electron chi connectivity index (χ3n) is 5.03. The van der Waals surface area contributed by atoms with Crippen molar-refractivity contribution in [2.75, 3.05) is 18.0 Å². The number of carbonyl (C=O) groups is 1. The molecule has 0 radical (unpaired) electrons. The number of carbonyl (C=O) groups excluding carboxylic acids is 1. The molecule has 0 N–H and O–H groups in total. The number of aromatic nitrogens is 2. The zero-order valence-corrected chi connectivity index (χ0v) is 17.2. The van der Waals surface area contributed by atoms with E-state index in [0.717, 1.165) is 52.6 Å². The van der Waals surface area contributed by atoms with Crippen LogP contribution in [0.5, 0.6) is 0 Å². The molecule has 5 rings (SSSR count). The van der Waals surface area contributed by atoms with Crippen molar-refractivity contribution in [3.8, 4) is 9.88 Å². The minimum atomic E-state index is -0.145. The van der Waals surface area contributed by atoms with Crippen LogP contribution in [0.3, 0.4) is 0 Å². The molecule has 29 heavy (non-hydrogen) atoms. The molecule has 1 saturated heterocycles. The summed E-state index contributed by atoms with van der Waals surface area (Å²) in [5.41, 5.74) is 2.44. The lowest BCUT2D eigenvalue weighted by atomic mass is 9.97. The number of esters is 1. The third kappa shape index (κ3) is 3.90. The molecule has 148 valence electrons. The van der Waals surface area contributed by atoms with Gasteiger partial charge in [0.2, 0.25) is 0 Å². The maximum atomic E-state index is 12.5. The summed E-state index contributed by atoms with van der Waals surface area (Å²) in [7, 11) is 0. The van der Waals surface area contributed by atoms with E-state index in [1.807, 2.05) is 47.2 Å². The van der Waals surface area contributed by atoms with E-state index in [9.17, 15) is 4.79 Å². The molecular formula is C21H19N3O3S2. The van der Waals surface area contributed by atoms with E-state index in [2.05, 4.69) is 14.9 Å². The van der Waals surface area contributed by atoms with Gasteiger partial charge in [-0.3, -0.25) is 4.79 Å². The largest absolute Gasteiger partial charge is 0.459 e. The Balaban J connectivity index is 1.14. The van der Waals surface area contributed by atoms with Gasteiger partial charge in [-0.2, -0.15) is 4.98 Å². The van der Waals surface area contributed by atoms with Gasteiger partial charge in [-0.1, -0.05) is 18.2 Å². The van der Waals surface area contributed by atoms with Crippen LogP contribution in [0.2, 0.25) is 0 Å². The summed E-state index contributed by atoms with van der Waals surface area (Å²) in [6.45, 7) is 1.68. The number of benzene rings is 1. The fourth-order valence-electron chi connectivity index (χ4n) is 3.45. The first-order valence-corrected chi connectivity index (χ1v) is 11.3. The fraction of sp³-hybridized carbons (Fsp3) is 0.286. The number of nitrogens with zero attached hydrogens (tertiary/aromatic N) is 3. The average molecular weight is 426 g/mol. The lowest BCUT2D eigenvalue weighted by Crippen LogP contribution is -2.37. The summed E-state index contributed by atoms with van der Waals surface area (Å²) in [6.07, 6.45) is 1.46. The minimum absolute atomic E-state index is 0.0916. The second-order valence-electron chi connectivity index (χ2n) is 6.95. The van der Waals surface area contributed by atoms with E-state index >= 15 is 0 Å². The molecule has 4 heterocycles. The molecule has 1 aliphatic heterocycles. The maximum absolute atomic E-state index is 12.5. The number of thiazole rings is 1. The lowest BCUT2D eigenvalue weighted by molar-refractivity contribution is -0.150. The summed E-state index contributed by atoms with van der Waals surface area (Å²) in [5, 5.41) is 4.96. The molecule has 1 fully saturated rings. The zero-order valence-electron chi connectivity index (χ0n) is 15.6. The molecule has 0 amide bonds. The number of hydrogen-bond donors (Lipinski definition) is 0. The molecule has 0 bridgehead atoms. The molecule has 0 saturated carbocycles. The van der Waals surface area contributed by atoms with Gasteiger partial charge in [-0.15, -0.1) is 22.7 Å². The monoisotopic (exact) mass is 425 g/mol. The number of hydrogen-bond acceptors (Lipinski definition) is 8. The highest BCUT2D eigenvalue weighted by atomic mass is 32.1. The highest BCUT2D eigenvalue weighted by Gasteiger charge is 2.28. The molecule has 3 aromatic heterocycles. The van der Waals surface area contributed by atoms with Crippen LogP contribution in [0.4, 0.5) is 6.01 Å². The van der Waals surface area contributed by atoms with Crippen molar-refractivity contribution in [2.24, 2.45) is 5.92 Å². The highest BCUT2D eigenvalue weighted by molar-refractivity contribution is 7.20. The van der Waals surface area contributed by atoms with Crippen LogP contribution in [0.15, 0.2) is 51.6 Å². The third-order valence-corrected chi connectivity index (χ3v) is 6.96. The molecule has 0 spiro atoms. The molecule has 1 aromatic carbocycles. The van der Waals surface area contributed by atoms with Crippen LogP contribution >= 0.6 is 22.7 Å². The first-order chi connectivity index (χ1) is 14.3. The van der Waals surface area contributed by atoms with E-state index in [4.69, 9.17) is 9.15 Å². The van der Waals surface area contributed by atoms with Crippen molar-refractivity contribution in [3.05, 3.63) is 52.9 Å². The Morgan fingerprint density at radius 2 is 2.00 bits per heavy atom. The Morgan fingerprint density at radius 3 is 2.79 bits per heavy atom. The van der Waals surface area contributed by atoms with Gasteiger partial charge in [0.15, 0.2) is 5.58 Å². The van der Waals surface area contributed by atoms with Gasteiger partial charge in [0.05, 0.1) is 16.5 Å². The van der Waals surface area contributed by atoms with Gasteiger partial charge in [-0.05, 0) is 36.4 Å². The predicted octanol–water partition coefficient (Wildman–Crippen LogP) is 4.97. The molecule has 0 atom stereocenters. The van der Waals surface area contributed by atoms with E-state index in [1.165, 1.54) is 0 Å². The Bertz CT molecular complexity index is 1080. The van der Waals surface area contributed by atoms with Crippen molar-refractivity contribution in [1.82, 2.24) is 9.97 Å². The van der Waals surface area contributed by atoms with Gasteiger partial charge in [0, 0.05) is 18.5 Å². The Kier molecular flexibility index (Phi) is 5.03.